The smallest absolute Gasteiger partial charge is 0.134 e. The van der Waals surface area contributed by atoms with Gasteiger partial charge < -0.3 is 9.64 Å². The van der Waals surface area contributed by atoms with Crippen molar-refractivity contribution in [3.63, 3.8) is 0 Å². The van der Waals surface area contributed by atoms with Crippen molar-refractivity contribution >= 4 is 17.4 Å². The van der Waals surface area contributed by atoms with Crippen LogP contribution in [-0.2, 0) is 4.74 Å². The molecule has 0 aliphatic carbocycles. The van der Waals surface area contributed by atoms with Gasteiger partial charge in [-0.15, -0.1) is 0 Å². The predicted octanol–water partition coefficient (Wildman–Crippen LogP) is 1.60. The van der Waals surface area contributed by atoms with E-state index < -0.39 is 0 Å². The fourth-order valence-corrected chi connectivity index (χ4v) is 3.24. The largest absolute Gasteiger partial charge is 0.379 e. The second-order valence-corrected chi connectivity index (χ2v) is 6.00. The van der Waals surface area contributed by atoms with Crippen molar-refractivity contribution in [3.8, 4) is 0 Å². The van der Waals surface area contributed by atoms with Crippen molar-refractivity contribution in [1.29, 1.82) is 0 Å². The van der Waals surface area contributed by atoms with Gasteiger partial charge in [-0.3, -0.25) is 4.90 Å². The molecule has 2 fully saturated rings. The normalized spacial score (nSPS) is 24.3. The molecule has 0 saturated carbocycles. The summed E-state index contributed by atoms with van der Waals surface area (Å²) in [5, 5.41) is 0.532. The summed E-state index contributed by atoms with van der Waals surface area (Å²) in [6, 6.07) is 1.87. The lowest BCUT2D eigenvalue weighted by Gasteiger charge is -2.29. The Morgan fingerprint density at radius 2 is 2.10 bits per heavy atom. The first-order valence-corrected chi connectivity index (χ1v) is 7.65. The van der Waals surface area contributed by atoms with E-state index in [4.69, 9.17) is 16.3 Å². The molecule has 1 aromatic rings. The molecule has 3 heterocycles. The molecule has 1 aromatic heterocycles. The molecular formula is C14H21ClN4O. The minimum atomic E-state index is 0.532. The van der Waals surface area contributed by atoms with Crippen LogP contribution in [-0.4, -0.2) is 60.8 Å². The summed E-state index contributed by atoms with van der Waals surface area (Å²) in [6.07, 6.45) is 1.22. The molecule has 6 heteroatoms. The lowest BCUT2D eigenvalue weighted by Crippen LogP contribution is -2.39. The Morgan fingerprint density at radius 1 is 1.30 bits per heavy atom. The molecule has 0 N–H and O–H groups in total. The van der Waals surface area contributed by atoms with E-state index in [1.807, 2.05) is 13.0 Å². The molecule has 20 heavy (non-hydrogen) atoms. The molecule has 1 atom stereocenters. The van der Waals surface area contributed by atoms with E-state index in [1.54, 1.807) is 0 Å². The maximum atomic E-state index is 6.02. The van der Waals surface area contributed by atoms with Gasteiger partial charge >= 0.3 is 0 Å². The topological polar surface area (TPSA) is 41.5 Å². The summed E-state index contributed by atoms with van der Waals surface area (Å²) in [5.74, 6) is 2.42. The first-order valence-electron chi connectivity index (χ1n) is 7.27. The first kappa shape index (κ1) is 14.0. The van der Waals surface area contributed by atoms with Crippen molar-refractivity contribution < 1.29 is 4.74 Å². The number of aryl methyl sites for hydroxylation is 1. The molecule has 5 nitrogen and oxygen atoms in total. The van der Waals surface area contributed by atoms with Gasteiger partial charge in [0.1, 0.15) is 16.8 Å². The zero-order valence-electron chi connectivity index (χ0n) is 11.9. The Kier molecular flexibility index (Phi) is 4.38. The standard InChI is InChI=1S/C14H21ClN4O/c1-11-16-13(15)8-14(17-11)19-3-2-12(10-19)9-18-4-6-20-7-5-18/h8,12H,2-7,9-10H2,1H3/t12-/m0/s1. The van der Waals surface area contributed by atoms with Crippen LogP contribution in [0, 0.1) is 12.8 Å². The van der Waals surface area contributed by atoms with Crippen LogP contribution in [0.1, 0.15) is 12.2 Å². The second-order valence-electron chi connectivity index (χ2n) is 5.61. The zero-order chi connectivity index (χ0) is 13.9. The summed E-state index contributed by atoms with van der Waals surface area (Å²) in [7, 11) is 0. The maximum Gasteiger partial charge on any atom is 0.134 e. The summed E-state index contributed by atoms with van der Waals surface area (Å²) in [6.45, 7) is 9.04. The fourth-order valence-electron chi connectivity index (χ4n) is 3.02. The number of ether oxygens (including phenoxy) is 1. The van der Waals surface area contributed by atoms with Crippen LogP contribution in [0.25, 0.3) is 0 Å². The molecule has 0 aromatic carbocycles. The minimum absolute atomic E-state index is 0.532. The van der Waals surface area contributed by atoms with Gasteiger partial charge in [0.05, 0.1) is 13.2 Å². The highest BCUT2D eigenvalue weighted by atomic mass is 35.5. The Morgan fingerprint density at radius 3 is 2.85 bits per heavy atom. The number of aromatic nitrogens is 2. The van der Waals surface area contributed by atoms with Gasteiger partial charge in [-0.1, -0.05) is 11.6 Å². The molecule has 110 valence electrons. The van der Waals surface area contributed by atoms with E-state index in [1.165, 1.54) is 6.42 Å². The molecule has 0 radical (unpaired) electrons. The highest BCUT2D eigenvalue weighted by Crippen LogP contribution is 2.24. The van der Waals surface area contributed by atoms with Crippen molar-refractivity contribution in [2.75, 3.05) is 50.8 Å². The van der Waals surface area contributed by atoms with Gasteiger partial charge in [-0.05, 0) is 19.3 Å². The van der Waals surface area contributed by atoms with Gasteiger partial charge in [-0.2, -0.15) is 0 Å². The Balaban J connectivity index is 1.58. The minimum Gasteiger partial charge on any atom is -0.379 e. The van der Waals surface area contributed by atoms with Crippen LogP contribution in [0.5, 0.6) is 0 Å². The molecule has 0 spiro atoms. The molecule has 3 rings (SSSR count). The van der Waals surface area contributed by atoms with Crippen LogP contribution < -0.4 is 4.90 Å². The van der Waals surface area contributed by atoms with Crippen molar-refractivity contribution in [3.05, 3.63) is 17.0 Å². The molecule has 2 saturated heterocycles. The van der Waals surface area contributed by atoms with Gasteiger partial charge in [0.2, 0.25) is 0 Å². The van der Waals surface area contributed by atoms with Crippen molar-refractivity contribution in [1.82, 2.24) is 14.9 Å². The van der Waals surface area contributed by atoms with Gasteiger partial charge in [-0.25, -0.2) is 9.97 Å². The molecule has 0 amide bonds. The predicted molar refractivity (Wildman–Crippen MR) is 79.4 cm³/mol. The maximum absolute atomic E-state index is 6.02. The first-order chi connectivity index (χ1) is 9.70. The Hall–Kier alpha value is -0.910. The van der Waals surface area contributed by atoms with E-state index in [0.29, 0.717) is 11.1 Å². The van der Waals surface area contributed by atoms with Crippen LogP contribution in [0.3, 0.4) is 0 Å². The third kappa shape index (κ3) is 3.40. The van der Waals surface area contributed by atoms with Crippen LogP contribution in [0.4, 0.5) is 5.82 Å². The van der Waals surface area contributed by atoms with Crippen LogP contribution >= 0.6 is 11.6 Å². The second kappa shape index (κ2) is 6.24. The van der Waals surface area contributed by atoms with Crippen molar-refractivity contribution in [2.24, 2.45) is 5.92 Å². The van der Waals surface area contributed by atoms with Gasteiger partial charge in [0.15, 0.2) is 0 Å². The number of nitrogens with zero attached hydrogens (tertiary/aromatic N) is 4. The monoisotopic (exact) mass is 296 g/mol. The van der Waals surface area contributed by atoms with Gasteiger partial charge in [0, 0.05) is 38.8 Å². The number of hydrogen-bond acceptors (Lipinski definition) is 5. The third-order valence-electron chi connectivity index (χ3n) is 4.02. The average Bonchev–Trinajstić information content (AvgIpc) is 2.87. The lowest BCUT2D eigenvalue weighted by atomic mass is 10.1. The summed E-state index contributed by atoms with van der Waals surface area (Å²) < 4.78 is 5.40. The van der Waals surface area contributed by atoms with Crippen molar-refractivity contribution in [2.45, 2.75) is 13.3 Å². The van der Waals surface area contributed by atoms with E-state index in [2.05, 4.69) is 19.8 Å². The number of morpholine rings is 1. The summed E-state index contributed by atoms with van der Waals surface area (Å²) in [5.41, 5.74) is 0. The van der Waals surface area contributed by atoms with Crippen LogP contribution in [0.2, 0.25) is 5.15 Å². The van der Waals surface area contributed by atoms with E-state index in [-0.39, 0.29) is 0 Å². The highest BCUT2D eigenvalue weighted by Gasteiger charge is 2.26. The number of hydrogen-bond donors (Lipinski definition) is 0. The SMILES string of the molecule is Cc1nc(Cl)cc(N2CC[C@@H](CN3CCOCC3)C2)n1. The zero-order valence-corrected chi connectivity index (χ0v) is 12.6. The van der Waals surface area contributed by atoms with E-state index >= 15 is 0 Å². The lowest BCUT2D eigenvalue weighted by molar-refractivity contribution is 0.0320. The van der Waals surface area contributed by atoms with Crippen LogP contribution in [0.15, 0.2) is 6.07 Å². The molecule has 2 aliphatic heterocycles. The number of anilines is 1. The van der Waals surface area contributed by atoms with E-state index in [9.17, 15) is 0 Å². The Bertz CT molecular complexity index is 444. The third-order valence-corrected chi connectivity index (χ3v) is 4.22. The number of halogens is 1. The van der Waals surface area contributed by atoms with E-state index in [0.717, 1.165) is 57.6 Å². The quantitative estimate of drug-likeness (QED) is 0.793. The molecular weight excluding hydrogens is 276 g/mol. The molecule has 0 unspecified atom stereocenters. The number of rotatable bonds is 3. The van der Waals surface area contributed by atoms with Gasteiger partial charge in [0.25, 0.3) is 0 Å². The summed E-state index contributed by atoms with van der Waals surface area (Å²) >= 11 is 6.02. The summed E-state index contributed by atoms with van der Waals surface area (Å²) in [4.78, 5) is 13.5. The molecule has 2 aliphatic rings. The Labute approximate surface area is 124 Å². The average molecular weight is 297 g/mol. The highest BCUT2D eigenvalue weighted by molar-refractivity contribution is 6.29. The molecule has 0 bridgehead atoms. The fraction of sp³-hybridized carbons (Fsp3) is 0.714.